The van der Waals surface area contributed by atoms with Crippen LogP contribution in [0.1, 0.15) is 28.4 Å². The number of halogens is 1. The average Bonchev–Trinajstić information content (AvgIpc) is 2.54. The molecule has 23 heavy (non-hydrogen) atoms. The second kappa shape index (κ2) is 6.26. The highest BCUT2D eigenvalue weighted by atomic mass is 35.5. The normalized spacial score (nSPS) is 16.1. The molecule has 0 spiro atoms. The number of para-hydroxylation sites is 1. The Morgan fingerprint density at radius 2 is 2.09 bits per heavy atom. The molecule has 0 saturated heterocycles. The van der Waals surface area contributed by atoms with E-state index in [4.69, 9.17) is 16.3 Å². The Bertz CT molecular complexity index is 778. The van der Waals surface area contributed by atoms with Crippen LogP contribution in [0, 0.1) is 10.1 Å². The number of nitro groups is 1. The summed E-state index contributed by atoms with van der Waals surface area (Å²) in [6.45, 7) is 0.472. The summed E-state index contributed by atoms with van der Waals surface area (Å²) < 4.78 is 5.54. The van der Waals surface area contributed by atoms with Crippen molar-refractivity contribution in [2.45, 2.75) is 12.5 Å². The number of carbonyl (C=O) groups is 1. The smallest absolute Gasteiger partial charge is 0.282 e. The molecular weight excluding hydrogens is 320 g/mol. The van der Waals surface area contributed by atoms with Crippen LogP contribution in [-0.4, -0.2) is 17.4 Å². The number of hydrogen-bond donors (Lipinski definition) is 1. The number of amides is 1. The molecule has 1 amide bonds. The first-order chi connectivity index (χ1) is 11.1. The van der Waals surface area contributed by atoms with Gasteiger partial charge in [-0.05, 0) is 18.2 Å². The lowest BCUT2D eigenvalue weighted by molar-refractivity contribution is -0.385. The van der Waals surface area contributed by atoms with E-state index in [-0.39, 0.29) is 22.3 Å². The molecule has 0 bridgehead atoms. The molecule has 6 nitrogen and oxygen atoms in total. The molecule has 0 aromatic heterocycles. The average molecular weight is 333 g/mol. The van der Waals surface area contributed by atoms with Crippen molar-refractivity contribution in [3.8, 4) is 5.75 Å². The van der Waals surface area contributed by atoms with Crippen molar-refractivity contribution in [3.05, 3.63) is 68.7 Å². The molecule has 1 heterocycles. The molecule has 1 atom stereocenters. The van der Waals surface area contributed by atoms with E-state index in [9.17, 15) is 14.9 Å². The van der Waals surface area contributed by atoms with Gasteiger partial charge in [0.05, 0.1) is 17.6 Å². The lowest BCUT2D eigenvalue weighted by atomic mass is 10.00. The van der Waals surface area contributed by atoms with E-state index in [2.05, 4.69) is 5.32 Å². The maximum absolute atomic E-state index is 12.5. The van der Waals surface area contributed by atoms with Crippen LogP contribution in [0.3, 0.4) is 0 Å². The molecule has 1 aliphatic heterocycles. The Hall–Kier alpha value is -2.60. The zero-order chi connectivity index (χ0) is 16.4. The molecule has 1 aliphatic rings. The summed E-state index contributed by atoms with van der Waals surface area (Å²) in [5, 5.41) is 14.2. The molecule has 7 heteroatoms. The van der Waals surface area contributed by atoms with Crippen LogP contribution < -0.4 is 10.1 Å². The fourth-order valence-electron chi connectivity index (χ4n) is 2.58. The third-order valence-electron chi connectivity index (χ3n) is 3.66. The molecule has 1 unspecified atom stereocenters. The summed E-state index contributed by atoms with van der Waals surface area (Å²) in [6.07, 6.45) is 0.594. The van der Waals surface area contributed by atoms with Crippen LogP contribution >= 0.6 is 11.6 Å². The Morgan fingerprint density at radius 3 is 2.87 bits per heavy atom. The maximum Gasteiger partial charge on any atom is 0.282 e. The van der Waals surface area contributed by atoms with E-state index < -0.39 is 10.8 Å². The molecule has 0 saturated carbocycles. The number of nitrogens with zero attached hydrogens (tertiary/aromatic N) is 1. The van der Waals surface area contributed by atoms with Gasteiger partial charge in [-0.1, -0.05) is 29.8 Å². The van der Waals surface area contributed by atoms with Gasteiger partial charge in [0.15, 0.2) is 0 Å². The first-order valence-electron chi connectivity index (χ1n) is 7.03. The quantitative estimate of drug-likeness (QED) is 0.689. The highest BCUT2D eigenvalue weighted by Crippen LogP contribution is 2.32. The first-order valence-corrected chi connectivity index (χ1v) is 7.40. The molecular formula is C16H13ClN2O4. The number of hydrogen-bond acceptors (Lipinski definition) is 4. The molecule has 3 rings (SSSR count). The monoisotopic (exact) mass is 332 g/mol. The molecule has 118 valence electrons. The second-order valence-corrected chi connectivity index (χ2v) is 5.56. The van der Waals surface area contributed by atoms with Gasteiger partial charge in [0.2, 0.25) is 0 Å². The van der Waals surface area contributed by atoms with E-state index in [1.807, 2.05) is 24.3 Å². The van der Waals surface area contributed by atoms with Gasteiger partial charge in [-0.3, -0.25) is 14.9 Å². The molecule has 1 N–H and O–H groups in total. The van der Waals surface area contributed by atoms with E-state index in [1.165, 1.54) is 18.2 Å². The van der Waals surface area contributed by atoms with Gasteiger partial charge in [-0.25, -0.2) is 0 Å². The van der Waals surface area contributed by atoms with Crippen LogP contribution in [0.15, 0.2) is 42.5 Å². The topological polar surface area (TPSA) is 81.5 Å². The van der Waals surface area contributed by atoms with E-state index in [1.54, 1.807) is 0 Å². The van der Waals surface area contributed by atoms with Gasteiger partial charge in [-0.15, -0.1) is 0 Å². The highest BCUT2D eigenvalue weighted by molar-refractivity contribution is 6.31. The lowest BCUT2D eigenvalue weighted by Gasteiger charge is -2.26. The number of benzene rings is 2. The largest absolute Gasteiger partial charge is 0.493 e. The third kappa shape index (κ3) is 3.12. The number of nitro benzene ring substituents is 1. The van der Waals surface area contributed by atoms with Gasteiger partial charge >= 0.3 is 0 Å². The molecule has 0 fully saturated rings. The first kappa shape index (κ1) is 15.3. The summed E-state index contributed by atoms with van der Waals surface area (Å²) in [5.41, 5.74) is 0.537. The zero-order valence-electron chi connectivity index (χ0n) is 12.0. The third-order valence-corrected chi connectivity index (χ3v) is 3.90. The van der Waals surface area contributed by atoms with Crippen LogP contribution in [0.2, 0.25) is 5.02 Å². The number of ether oxygens (including phenoxy) is 1. The Morgan fingerprint density at radius 1 is 1.30 bits per heavy atom. The lowest BCUT2D eigenvalue weighted by Crippen LogP contribution is -2.32. The summed E-state index contributed by atoms with van der Waals surface area (Å²) in [7, 11) is 0. The Balaban J connectivity index is 1.89. The van der Waals surface area contributed by atoms with Crippen LogP contribution in [0.4, 0.5) is 5.69 Å². The minimum Gasteiger partial charge on any atom is -0.493 e. The number of carbonyl (C=O) groups excluding carboxylic acids is 1. The van der Waals surface area contributed by atoms with Crippen molar-refractivity contribution in [3.63, 3.8) is 0 Å². The summed E-state index contributed by atoms with van der Waals surface area (Å²) in [6, 6.07) is 11.1. The molecule has 2 aromatic carbocycles. The number of nitrogens with one attached hydrogen (secondary N) is 1. The molecule has 0 radical (unpaired) electrons. The standard InChI is InChI=1S/C16H13ClN2O4/c17-10-5-6-14(19(21)22)12(9-10)16(20)18-13-7-8-23-15-4-2-1-3-11(13)15/h1-6,9,13H,7-8H2,(H,18,20). The van der Waals surface area contributed by atoms with Crippen molar-refractivity contribution < 1.29 is 14.5 Å². The number of fused-ring (bicyclic) bond motifs is 1. The van der Waals surface area contributed by atoms with Crippen LogP contribution in [0.25, 0.3) is 0 Å². The Labute approximate surface area is 137 Å². The van der Waals surface area contributed by atoms with E-state index in [0.717, 1.165) is 5.56 Å². The summed E-state index contributed by atoms with van der Waals surface area (Å²) in [5.74, 6) is 0.186. The van der Waals surface area contributed by atoms with Gasteiger partial charge < -0.3 is 10.1 Å². The Kier molecular flexibility index (Phi) is 4.16. The fourth-order valence-corrected chi connectivity index (χ4v) is 2.75. The van der Waals surface area contributed by atoms with Crippen molar-refractivity contribution in [2.75, 3.05) is 6.61 Å². The maximum atomic E-state index is 12.5. The van der Waals surface area contributed by atoms with Crippen molar-refractivity contribution in [1.82, 2.24) is 5.32 Å². The SMILES string of the molecule is O=C(NC1CCOc2ccccc21)c1cc(Cl)ccc1[N+](=O)[O-]. The zero-order valence-corrected chi connectivity index (χ0v) is 12.7. The fraction of sp³-hybridized carbons (Fsp3) is 0.188. The molecule has 2 aromatic rings. The van der Waals surface area contributed by atoms with Crippen molar-refractivity contribution in [1.29, 1.82) is 0 Å². The van der Waals surface area contributed by atoms with Crippen LogP contribution in [0.5, 0.6) is 5.75 Å². The van der Waals surface area contributed by atoms with Gasteiger partial charge in [0.1, 0.15) is 11.3 Å². The van der Waals surface area contributed by atoms with Gasteiger partial charge in [0.25, 0.3) is 11.6 Å². The van der Waals surface area contributed by atoms with E-state index in [0.29, 0.717) is 18.8 Å². The van der Waals surface area contributed by atoms with Gasteiger partial charge in [-0.2, -0.15) is 0 Å². The highest BCUT2D eigenvalue weighted by Gasteiger charge is 2.26. The minimum atomic E-state index is -0.594. The van der Waals surface area contributed by atoms with Gasteiger partial charge in [0, 0.05) is 23.1 Å². The van der Waals surface area contributed by atoms with E-state index >= 15 is 0 Å². The molecule has 0 aliphatic carbocycles. The van der Waals surface area contributed by atoms with Crippen molar-refractivity contribution in [2.24, 2.45) is 0 Å². The summed E-state index contributed by atoms with van der Waals surface area (Å²) in [4.78, 5) is 23.0. The predicted octanol–water partition coefficient (Wildman–Crippen LogP) is 3.50. The van der Waals surface area contributed by atoms with Crippen LogP contribution in [-0.2, 0) is 0 Å². The minimum absolute atomic E-state index is 0.0496. The van der Waals surface area contributed by atoms with Crippen molar-refractivity contribution >= 4 is 23.2 Å². The number of rotatable bonds is 3. The summed E-state index contributed by atoms with van der Waals surface area (Å²) >= 11 is 5.87. The second-order valence-electron chi connectivity index (χ2n) is 5.12. The predicted molar refractivity (Wildman–Crippen MR) is 84.9 cm³/mol.